The van der Waals surface area contributed by atoms with Gasteiger partial charge in [-0.25, -0.2) is 0 Å². The third kappa shape index (κ3) is 0.759. The molecule has 60 valence electrons. The molecule has 0 heterocycles. The highest BCUT2D eigenvalue weighted by Crippen LogP contribution is 2.69. The van der Waals surface area contributed by atoms with Crippen molar-refractivity contribution in [2.45, 2.75) is 33.1 Å². The Morgan fingerprint density at radius 3 is 2.73 bits per heavy atom. The number of rotatable bonds is 1. The number of nitrogens with zero attached hydrogens (tertiary/aromatic N) is 1. The Kier molecular flexibility index (Phi) is 1.30. The molecule has 2 fully saturated rings. The Balaban J connectivity index is 2.13. The molecule has 1 heteroatoms. The van der Waals surface area contributed by atoms with E-state index in [4.69, 9.17) is 5.26 Å². The summed E-state index contributed by atoms with van der Waals surface area (Å²) in [6.45, 7) is 4.43. The lowest BCUT2D eigenvalue weighted by molar-refractivity contribution is 0.385. The van der Waals surface area contributed by atoms with E-state index in [9.17, 15) is 0 Å². The fourth-order valence-corrected chi connectivity index (χ4v) is 2.95. The van der Waals surface area contributed by atoms with Crippen LogP contribution in [-0.2, 0) is 0 Å². The summed E-state index contributed by atoms with van der Waals surface area (Å²) in [6, 6.07) is 2.41. The Hall–Kier alpha value is -0.510. The summed E-state index contributed by atoms with van der Waals surface area (Å²) in [6.07, 6.45) is 4.01. The molecule has 4 unspecified atom stereocenters. The Morgan fingerprint density at radius 1 is 1.64 bits per heavy atom. The second-order valence-electron chi connectivity index (χ2n) is 4.41. The van der Waals surface area contributed by atoms with Crippen molar-refractivity contribution in [3.8, 4) is 6.07 Å². The molecule has 0 spiro atoms. The van der Waals surface area contributed by atoms with Crippen molar-refractivity contribution in [3.63, 3.8) is 0 Å². The van der Waals surface area contributed by atoms with E-state index in [0.29, 0.717) is 11.3 Å². The lowest BCUT2D eigenvalue weighted by atomic mass is 9.89. The Morgan fingerprint density at radius 2 is 2.36 bits per heavy atom. The van der Waals surface area contributed by atoms with Gasteiger partial charge in [0.05, 0.1) is 6.07 Å². The quantitative estimate of drug-likeness (QED) is 0.562. The molecule has 1 nitrogen and oxygen atoms in total. The van der Waals surface area contributed by atoms with Crippen molar-refractivity contribution in [2.24, 2.45) is 23.2 Å². The first kappa shape index (κ1) is 7.16. The zero-order valence-electron chi connectivity index (χ0n) is 7.30. The van der Waals surface area contributed by atoms with Crippen LogP contribution in [0.25, 0.3) is 0 Å². The van der Waals surface area contributed by atoms with E-state index >= 15 is 0 Å². The van der Waals surface area contributed by atoms with Crippen molar-refractivity contribution >= 4 is 0 Å². The molecule has 0 aromatic heterocycles. The third-order valence-electron chi connectivity index (χ3n) is 3.99. The average Bonchev–Trinajstić information content (AvgIpc) is 2.68. The van der Waals surface area contributed by atoms with Gasteiger partial charge in [0.1, 0.15) is 0 Å². The number of hydrogen-bond acceptors (Lipinski definition) is 1. The van der Waals surface area contributed by atoms with Gasteiger partial charge in [-0.15, -0.1) is 0 Å². The highest BCUT2D eigenvalue weighted by Gasteiger charge is 2.62. The molecule has 0 N–H and O–H groups in total. The summed E-state index contributed by atoms with van der Waals surface area (Å²) in [4.78, 5) is 0. The highest BCUT2D eigenvalue weighted by molar-refractivity contribution is 5.15. The van der Waals surface area contributed by atoms with E-state index in [1.165, 1.54) is 19.3 Å². The Bertz CT molecular complexity index is 215. The standard InChI is InChI=1S/C10H15N/c1-7-3-4-10(5-9(7)10)8(2)6-11/h7-9H,3-5H2,1-2H3. The number of fused-ring (bicyclic) bond motifs is 1. The molecule has 0 bridgehead atoms. The minimum atomic E-state index is 0.303. The molecule has 4 atom stereocenters. The molecule has 2 saturated carbocycles. The molecule has 0 saturated heterocycles. The van der Waals surface area contributed by atoms with Crippen LogP contribution in [-0.4, -0.2) is 0 Å². The summed E-state index contributed by atoms with van der Waals surface area (Å²) >= 11 is 0. The summed E-state index contributed by atoms with van der Waals surface area (Å²) in [5, 5.41) is 8.82. The predicted molar refractivity (Wildman–Crippen MR) is 43.7 cm³/mol. The molecular weight excluding hydrogens is 134 g/mol. The van der Waals surface area contributed by atoms with Crippen LogP contribution < -0.4 is 0 Å². The van der Waals surface area contributed by atoms with Crippen LogP contribution in [0.1, 0.15) is 33.1 Å². The fraction of sp³-hybridized carbons (Fsp3) is 0.900. The third-order valence-corrected chi connectivity index (χ3v) is 3.99. The van der Waals surface area contributed by atoms with Crippen molar-refractivity contribution in [1.29, 1.82) is 5.26 Å². The van der Waals surface area contributed by atoms with E-state index in [2.05, 4.69) is 19.9 Å². The van der Waals surface area contributed by atoms with Crippen LogP contribution in [0, 0.1) is 34.5 Å². The van der Waals surface area contributed by atoms with Crippen LogP contribution in [0.15, 0.2) is 0 Å². The topological polar surface area (TPSA) is 23.8 Å². The molecule has 0 amide bonds. The first-order valence-electron chi connectivity index (χ1n) is 4.60. The van der Waals surface area contributed by atoms with Gasteiger partial charge in [-0.2, -0.15) is 5.26 Å². The zero-order chi connectivity index (χ0) is 8.06. The first-order chi connectivity index (χ1) is 5.20. The number of nitriles is 1. The van der Waals surface area contributed by atoms with E-state index in [1.807, 2.05) is 0 Å². The summed E-state index contributed by atoms with van der Waals surface area (Å²) in [5.41, 5.74) is 0.480. The Labute approximate surface area is 68.4 Å². The molecule has 0 aromatic rings. The van der Waals surface area contributed by atoms with Crippen LogP contribution in [0.5, 0.6) is 0 Å². The lowest BCUT2D eigenvalue weighted by Gasteiger charge is -2.12. The average molecular weight is 149 g/mol. The van der Waals surface area contributed by atoms with Crippen molar-refractivity contribution < 1.29 is 0 Å². The maximum atomic E-state index is 8.82. The van der Waals surface area contributed by atoms with Gasteiger partial charge >= 0.3 is 0 Å². The van der Waals surface area contributed by atoms with Crippen molar-refractivity contribution in [2.75, 3.05) is 0 Å². The number of hydrogen-bond donors (Lipinski definition) is 0. The first-order valence-corrected chi connectivity index (χ1v) is 4.60. The van der Waals surface area contributed by atoms with Crippen LogP contribution in [0.2, 0.25) is 0 Å². The molecule has 0 aromatic carbocycles. The van der Waals surface area contributed by atoms with Gasteiger partial charge in [-0.1, -0.05) is 6.92 Å². The maximum absolute atomic E-state index is 8.82. The smallest absolute Gasteiger partial charge is 0.0658 e. The van der Waals surface area contributed by atoms with Gasteiger partial charge in [0.15, 0.2) is 0 Å². The van der Waals surface area contributed by atoms with Gasteiger partial charge in [0.2, 0.25) is 0 Å². The van der Waals surface area contributed by atoms with Crippen LogP contribution >= 0.6 is 0 Å². The van der Waals surface area contributed by atoms with Crippen molar-refractivity contribution in [1.82, 2.24) is 0 Å². The van der Waals surface area contributed by atoms with E-state index < -0.39 is 0 Å². The molecule has 0 radical (unpaired) electrons. The van der Waals surface area contributed by atoms with Crippen LogP contribution in [0.4, 0.5) is 0 Å². The van der Waals surface area contributed by atoms with Crippen LogP contribution in [0.3, 0.4) is 0 Å². The molecule has 2 aliphatic rings. The summed E-state index contributed by atoms with van der Waals surface area (Å²) in [7, 11) is 0. The van der Waals surface area contributed by atoms with Gasteiger partial charge in [0, 0.05) is 5.92 Å². The van der Waals surface area contributed by atoms with Crippen molar-refractivity contribution in [3.05, 3.63) is 0 Å². The van der Waals surface area contributed by atoms with E-state index in [0.717, 1.165) is 11.8 Å². The molecule has 11 heavy (non-hydrogen) atoms. The summed E-state index contributed by atoms with van der Waals surface area (Å²) < 4.78 is 0. The minimum absolute atomic E-state index is 0.303. The van der Waals surface area contributed by atoms with Gasteiger partial charge in [-0.05, 0) is 43.4 Å². The predicted octanol–water partition coefficient (Wildman–Crippen LogP) is 2.58. The van der Waals surface area contributed by atoms with Gasteiger partial charge in [0.25, 0.3) is 0 Å². The van der Waals surface area contributed by atoms with E-state index in [-0.39, 0.29) is 0 Å². The maximum Gasteiger partial charge on any atom is 0.0658 e. The molecule has 2 rings (SSSR count). The normalized spacial score (nSPS) is 49.5. The SMILES string of the molecule is CC1CCC2(C(C)C#N)CC12. The highest BCUT2D eigenvalue weighted by atomic mass is 14.7. The lowest BCUT2D eigenvalue weighted by Crippen LogP contribution is -2.09. The molecule has 0 aliphatic heterocycles. The minimum Gasteiger partial charge on any atom is -0.198 e. The zero-order valence-corrected chi connectivity index (χ0v) is 7.30. The fourth-order valence-electron chi connectivity index (χ4n) is 2.95. The molecule has 2 aliphatic carbocycles. The summed E-state index contributed by atoms with van der Waals surface area (Å²) in [5.74, 6) is 2.10. The van der Waals surface area contributed by atoms with E-state index in [1.54, 1.807) is 0 Å². The molecular formula is C10H15N. The second-order valence-corrected chi connectivity index (χ2v) is 4.41. The monoisotopic (exact) mass is 149 g/mol. The largest absolute Gasteiger partial charge is 0.198 e. The second kappa shape index (κ2) is 2.00. The van der Waals surface area contributed by atoms with Gasteiger partial charge in [-0.3, -0.25) is 0 Å². The van der Waals surface area contributed by atoms with Gasteiger partial charge < -0.3 is 0 Å².